The maximum absolute atomic E-state index is 3.68. The number of anilines is 1. The Hall–Kier alpha value is -0.540. The fraction of sp³-hybridized carbons (Fsp3) is 0.600. The maximum atomic E-state index is 3.68. The van der Waals surface area contributed by atoms with E-state index in [0.29, 0.717) is 6.04 Å². The van der Waals surface area contributed by atoms with Crippen molar-refractivity contribution in [1.29, 1.82) is 0 Å². The number of rotatable bonds is 3. The second-order valence-electron chi connectivity index (χ2n) is 5.67. The Kier molecular flexibility index (Phi) is 3.62. The summed E-state index contributed by atoms with van der Waals surface area (Å²) in [5.41, 5.74) is 2.54. The van der Waals surface area contributed by atoms with Crippen molar-refractivity contribution in [3.63, 3.8) is 0 Å². The first kappa shape index (κ1) is 12.5. The first-order valence-electron chi connectivity index (χ1n) is 6.99. The zero-order valence-electron chi connectivity index (χ0n) is 11.0. The quantitative estimate of drug-likeness (QED) is 0.914. The number of halogens is 1. The van der Waals surface area contributed by atoms with Crippen LogP contribution in [0, 0.1) is 6.92 Å². The normalized spacial score (nSPS) is 22.1. The lowest BCUT2D eigenvalue weighted by molar-refractivity contribution is 0.210. The van der Waals surface area contributed by atoms with Gasteiger partial charge in [-0.05, 0) is 66.2 Å². The molecule has 0 amide bonds. The molecule has 1 aliphatic heterocycles. The van der Waals surface area contributed by atoms with Crippen molar-refractivity contribution in [3.05, 3.63) is 28.2 Å². The van der Waals surface area contributed by atoms with Gasteiger partial charge in [0.25, 0.3) is 0 Å². The number of hydrogen-bond acceptors (Lipinski definition) is 2. The molecule has 0 bridgehead atoms. The van der Waals surface area contributed by atoms with Gasteiger partial charge in [-0.1, -0.05) is 6.07 Å². The summed E-state index contributed by atoms with van der Waals surface area (Å²) in [6.45, 7) is 4.67. The van der Waals surface area contributed by atoms with Crippen molar-refractivity contribution in [2.24, 2.45) is 0 Å². The van der Waals surface area contributed by atoms with E-state index in [1.807, 2.05) is 0 Å². The van der Waals surface area contributed by atoms with Gasteiger partial charge in [-0.25, -0.2) is 0 Å². The molecule has 1 aromatic carbocycles. The van der Waals surface area contributed by atoms with E-state index in [-0.39, 0.29) is 0 Å². The monoisotopic (exact) mass is 308 g/mol. The minimum absolute atomic E-state index is 0.638. The number of benzene rings is 1. The fourth-order valence-corrected chi connectivity index (χ4v) is 3.41. The Balaban J connectivity index is 1.56. The van der Waals surface area contributed by atoms with Crippen LogP contribution in [0.25, 0.3) is 0 Å². The Morgan fingerprint density at radius 3 is 2.50 bits per heavy atom. The predicted molar refractivity (Wildman–Crippen MR) is 80.1 cm³/mol. The highest BCUT2D eigenvalue weighted by Crippen LogP contribution is 2.31. The molecule has 0 spiro atoms. The molecule has 1 aromatic rings. The third-order valence-corrected chi connectivity index (χ3v) is 4.73. The zero-order valence-corrected chi connectivity index (χ0v) is 12.5. The molecule has 98 valence electrons. The number of nitrogens with zero attached hydrogens (tertiary/aromatic N) is 1. The van der Waals surface area contributed by atoms with Gasteiger partial charge in [-0.15, -0.1) is 0 Å². The summed E-state index contributed by atoms with van der Waals surface area (Å²) in [7, 11) is 0. The van der Waals surface area contributed by atoms with Gasteiger partial charge in [0, 0.05) is 35.3 Å². The molecule has 0 aromatic heterocycles. The van der Waals surface area contributed by atoms with Crippen LogP contribution in [-0.4, -0.2) is 30.1 Å². The SMILES string of the molecule is Cc1ccc(NC2CCN(C3CC3)CC2)c(Br)c1. The molecule has 2 aliphatic rings. The Morgan fingerprint density at radius 2 is 1.89 bits per heavy atom. The van der Waals surface area contributed by atoms with Crippen LogP contribution in [0.4, 0.5) is 5.69 Å². The smallest absolute Gasteiger partial charge is 0.0486 e. The highest BCUT2D eigenvalue weighted by atomic mass is 79.9. The molecule has 2 fully saturated rings. The van der Waals surface area contributed by atoms with Crippen molar-refractivity contribution < 1.29 is 0 Å². The first-order valence-corrected chi connectivity index (χ1v) is 7.78. The summed E-state index contributed by atoms with van der Waals surface area (Å²) in [5.74, 6) is 0. The number of nitrogens with one attached hydrogen (secondary N) is 1. The van der Waals surface area contributed by atoms with Crippen LogP contribution >= 0.6 is 15.9 Å². The molecular weight excluding hydrogens is 288 g/mol. The minimum atomic E-state index is 0.638. The fourth-order valence-electron chi connectivity index (χ4n) is 2.81. The van der Waals surface area contributed by atoms with Gasteiger partial charge < -0.3 is 10.2 Å². The zero-order chi connectivity index (χ0) is 12.5. The van der Waals surface area contributed by atoms with E-state index in [2.05, 4.69) is 51.3 Å². The van der Waals surface area contributed by atoms with Crippen molar-refractivity contribution >= 4 is 21.6 Å². The Bertz CT molecular complexity index is 421. The van der Waals surface area contributed by atoms with Crippen LogP contribution in [0.1, 0.15) is 31.2 Å². The van der Waals surface area contributed by atoms with Crippen molar-refractivity contribution in [2.75, 3.05) is 18.4 Å². The van der Waals surface area contributed by atoms with Crippen LogP contribution in [0.5, 0.6) is 0 Å². The molecule has 1 saturated carbocycles. The number of aryl methyl sites for hydroxylation is 1. The van der Waals surface area contributed by atoms with Gasteiger partial charge in [0.1, 0.15) is 0 Å². The molecule has 18 heavy (non-hydrogen) atoms. The highest BCUT2D eigenvalue weighted by molar-refractivity contribution is 9.10. The molecule has 1 saturated heterocycles. The molecule has 3 heteroatoms. The number of likely N-dealkylation sites (tertiary alicyclic amines) is 1. The van der Waals surface area contributed by atoms with Crippen LogP contribution in [-0.2, 0) is 0 Å². The molecule has 1 N–H and O–H groups in total. The summed E-state index contributed by atoms with van der Waals surface area (Å²) in [5, 5.41) is 3.68. The third kappa shape index (κ3) is 2.89. The van der Waals surface area contributed by atoms with E-state index in [9.17, 15) is 0 Å². The van der Waals surface area contributed by atoms with Crippen molar-refractivity contribution in [3.8, 4) is 0 Å². The lowest BCUT2D eigenvalue weighted by atomic mass is 10.0. The molecule has 2 nitrogen and oxygen atoms in total. The highest BCUT2D eigenvalue weighted by Gasteiger charge is 2.31. The average Bonchev–Trinajstić information content (AvgIpc) is 3.18. The summed E-state index contributed by atoms with van der Waals surface area (Å²) in [4.78, 5) is 2.67. The van der Waals surface area contributed by atoms with Gasteiger partial charge in [0.05, 0.1) is 0 Å². The Morgan fingerprint density at radius 1 is 1.17 bits per heavy atom. The van der Waals surface area contributed by atoms with Crippen LogP contribution < -0.4 is 5.32 Å². The minimum Gasteiger partial charge on any atom is -0.381 e. The van der Waals surface area contributed by atoms with E-state index in [1.165, 1.54) is 54.5 Å². The molecule has 0 radical (unpaired) electrons. The topological polar surface area (TPSA) is 15.3 Å². The van der Waals surface area contributed by atoms with E-state index < -0.39 is 0 Å². The van der Waals surface area contributed by atoms with Crippen molar-refractivity contribution in [1.82, 2.24) is 4.90 Å². The van der Waals surface area contributed by atoms with Gasteiger partial charge in [-0.3, -0.25) is 0 Å². The van der Waals surface area contributed by atoms with Gasteiger partial charge >= 0.3 is 0 Å². The lowest BCUT2D eigenvalue weighted by Gasteiger charge is -2.33. The van der Waals surface area contributed by atoms with Crippen molar-refractivity contribution in [2.45, 2.75) is 44.7 Å². The first-order chi connectivity index (χ1) is 8.72. The summed E-state index contributed by atoms with van der Waals surface area (Å²) < 4.78 is 1.19. The van der Waals surface area contributed by atoms with Gasteiger partial charge in [0.15, 0.2) is 0 Å². The van der Waals surface area contributed by atoms with E-state index >= 15 is 0 Å². The van der Waals surface area contributed by atoms with Crippen LogP contribution in [0.3, 0.4) is 0 Å². The average molecular weight is 309 g/mol. The summed E-state index contributed by atoms with van der Waals surface area (Å²) >= 11 is 3.65. The van der Waals surface area contributed by atoms with E-state index in [4.69, 9.17) is 0 Å². The van der Waals surface area contributed by atoms with Crippen LogP contribution in [0.15, 0.2) is 22.7 Å². The second kappa shape index (κ2) is 5.22. The number of piperidine rings is 1. The van der Waals surface area contributed by atoms with Crippen LogP contribution in [0.2, 0.25) is 0 Å². The van der Waals surface area contributed by atoms with Gasteiger partial charge in [-0.2, -0.15) is 0 Å². The van der Waals surface area contributed by atoms with E-state index in [1.54, 1.807) is 0 Å². The second-order valence-corrected chi connectivity index (χ2v) is 6.52. The summed E-state index contributed by atoms with van der Waals surface area (Å²) in [6, 6.07) is 8.11. The maximum Gasteiger partial charge on any atom is 0.0486 e. The molecule has 3 rings (SSSR count). The standard InChI is InChI=1S/C15H21BrN2/c1-11-2-5-15(14(16)10-11)17-12-6-8-18(9-7-12)13-3-4-13/h2,5,10,12-13,17H,3-4,6-9H2,1H3. The molecular formula is C15H21BrN2. The molecule has 0 atom stereocenters. The molecule has 1 heterocycles. The molecule has 0 unspecified atom stereocenters. The Labute approximate surface area is 118 Å². The molecule has 1 aliphatic carbocycles. The van der Waals surface area contributed by atoms with E-state index in [0.717, 1.165) is 6.04 Å². The van der Waals surface area contributed by atoms with Gasteiger partial charge in [0.2, 0.25) is 0 Å². The summed E-state index contributed by atoms with van der Waals surface area (Å²) in [6.07, 6.45) is 5.41. The predicted octanol–water partition coefficient (Wildman–Crippen LogP) is 3.80. The third-order valence-electron chi connectivity index (χ3n) is 4.08. The number of hydrogen-bond donors (Lipinski definition) is 1. The lowest BCUT2D eigenvalue weighted by Crippen LogP contribution is -2.40. The largest absolute Gasteiger partial charge is 0.381 e.